The zero-order valence-electron chi connectivity index (χ0n) is 11.8. The maximum atomic E-state index is 9.60. The summed E-state index contributed by atoms with van der Waals surface area (Å²) in [4.78, 5) is 14.6. The Bertz CT molecular complexity index is 349. The summed E-state index contributed by atoms with van der Waals surface area (Å²) in [5.41, 5.74) is 7.79. The molecule has 19 heavy (non-hydrogen) atoms. The first kappa shape index (κ1) is 15.8. The summed E-state index contributed by atoms with van der Waals surface area (Å²) in [7, 11) is 0. The highest BCUT2D eigenvalue weighted by Gasteiger charge is 2.55. The normalized spacial score (nSPS) is 27.4. The van der Waals surface area contributed by atoms with Crippen molar-refractivity contribution in [1.82, 2.24) is 4.90 Å². The van der Waals surface area contributed by atoms with Gasteiger partial charge in [0.25, 0.3) is 6.47 Å². The molecule has 2 rings (SSSR count). The number of ether oxygens (including phenoxy) is 2. The Hall–Kier alpha value is -1.30. The Morgan fingerprint density at radius 3 is 2.68 bits per heavy atom. The summed E-state index contributed by atoms with van der Waals surface area (Å²) in [6.45, 7) is 9.52. The summed E-state index contributed by atoms with van der Waals surface area (Å²) in [5, 5.41) is 3.49. The van der Waals surface area contributed by atoms with Crippen LogP contribution < -0.4 is 0 Å². The van der Waals surface area contributed by atoms with Crippen molar-refractivity contribution in [2.75, 3.05) is 26.2 Å². The van der Waals surface area contributed by atoms with Crippen molar-refractivity contribution in [3.8, 4) is 0 Å². The highest BCUT2D eigenvalue weighted by molar-refractivity contribution is 5.37. The van der Waals surface area contributed by atoms with E-state index < -0.39 is 0 Å². The molecule has 2 atom stereocenters. The number of nitrogens with zero attached hydrogens (tertiary/aromatic N) is 4. The van der Waals surface area contributed by atoms with Gasteiger partial charge in [-0.2, -0.15) is 0 Å². The fourth-order valence-electron chi connectivity index (χ4n) is 1.95. The van der Waals surface area contributed by atoms with E-state index in [1.807, 2.05) is 20.8 Å². The molecule has 0 bridgehead atoms. The van der Waals surface area contributed by atoms with Crippen molar-refractivity contribution in [2.45, 2.75) is 44.9 Å². The monoisotopic (exact) mass is 270 g/mol. The summed E-state index contributed by atoms with van der Waals surface area (Å²) in [6.07, 6.45) is 1.94. The average Bonchev–Trinajstić information content (AvgIpc) is 2.86. The third kappa shape index (κ3) is 5.46. The Kier molecular flexibility index (Phi) is 5.60. The van der Waals surface area contributed by atoms with Gasteiger partial charge in [0.2, 0.25) is 0 Å². The van der Waals surface area contributed by atoms with Crippen LogP contribution in [0.25, 0.3) is 10.4 Å². The van der Waals surface area contributed by atoms with Crippen molar-refractivity contribution in [2.24, 2.45) is 5.11 Å². The molecule has 0 radical (unpaired) electrons. The molecule has 108 valence electrons. The minimum Gasteiger partial charge on any atom is -0.462 e. The van der Waals surface area contributed by atoms with Gasteiger partial charge in [0.15, 0.2) is 0 Å². The van der Waals surface area contributed by atoms with Crippen LogP contribution in [0.2, 0.25) is 0 Å². The molecule has 0 N–H and O–H groups in total. The van der Waals surface area contributed by atoms with Crippen molar-refractivity contribution >= 4 is 6.47 Å². The fourth-order valence-corrected chi connectivity index (χ4v) is 1.95. The highest BCUT2D eigenvalue weighted by atomic mass is 16.5. The first-order valence-corrected chi connectivity index (χ1v) is 6.45. The molecule has 0 saturated carbocycles. The lowest BCUT2D eigenvalue weighted by Crippen LogP contribution is -2.17. The average molecular weight is 270 g/mol. The Labute approximate surface area is 113 Å². The first-order valence-electron chi connectivity index (χ1n) is 6.45. The van der Waals surface area contributed by atoms with Crippen LogP contribution in [0.1, 0.15) is 33.6 Å². The lowest BCUT2D eigenvalue weighted by molar-refractivity contribution is -0.138. The zero-order chi connectivity index (χ0) is 14.4. The Morgan fingerprint density at radius 2 is 2.32 bits per heavy atom. The van der Waals surface area contributed by atoms with E-state index in [9.17, 15) is 4.79 Å². The van der Waals surface area contributed by atoms with Crippen molar-refractivity contribution in [3.63, 3.8) is 0 Å². The van der Waals surface area contributed by atoms with Crippen LogP contribution in [0.3, 0.4) is 0 Å². The summed E-state index contributed by atoms with van der Waals surface area (Å²) in [6, 6.07) is 0. The van der Waals surface area contributed by atoms with Gasteiger partial charge in [-0.25, -0.2) is 0 Å². The number of fused-ring (bicyclic) bond motifs is 1. The Balaban J connectivity index is 0.000000224. The van der Waals surface area contributed by atoms with E-state index in [1.54, 1.807) is 0 Å². The standard InChI is InChI=1S/C7H12N4O.C5H10O2/c8-10-9-3-1-2-7-6-11(7)4-5-12-7;1-5(2,3)7-4-6/h1-6H2;4H,1-3H3. The van der Waals surface area contributed by atoms with E-state index in [2.05, 4.69) is 19.7 Å². The van der Waals surface area contributed by atoms with Crippen molar-refractivity contribution in [3.05, 3.63) is 10.4 Å². The van der Waals surface area contributed by atoms with Crippen LogP contribution in [-0.2, 0) is 14.3 Å². The smallest absolute Gasteiger partial charge is 0.293 e. The van der Waals surface area contributed by atoms with Crippen molar-refractivity contribution < 1.29 is 14.3 Å². The number of hydrogen-bond acceptors (Lipinski definition) is 5. The minimum atomic E-state index is -0.318. The number of hydrogen-bond donors (Lipinski definition) is 0. The highest BCUT2D eigenvalue weighted by Crippen LogP contribution is 2.41. The molecular formula is C12H22N4O3. The molecule has 0 spiro atoms. The van der Waals surface area contributed by atoms with E-state index in [-0.39, 0.29) is 11.3 Å². The van der Waals surface area contributed by atoms with Gasteiger partial charge < -0.3 is 9.47 Å². The third-order valence-corrected chi connectivity index (χ3v) is 2.93. The molecule has 7 heteroatoms. The molecule has 0 aliphatic carbocycles. The quantitative estimate of drug-likeness (QED) is 0.191. The second-order valence-electron chi connectivity index (χ2n) is 5.60. The largest absolute Gasteiger partial charge is 0.462 e. The van der Waals surface area contributed by atoms with Crippen molar-refractivity contribution in [1.29, 1.82) is 0 Å². The van der Waals surface area contributed by atoms with Gasteiger partial charge in [-0.3, -0.25) is 9.69 Å². The lowest BCUT2D eigenvalue weighted by Gasteiger charge is -2.14. The van der Waals surface area contributed by atoms with Gasteiger partial charge >= 0.3 is 0 Å². The SMILES string of the molecule is CC(C)(C)OC=O.[N-]=[N+]=NCCCC12CN1CCO2. The van der Waals surface area contributed by atoms with E-state index in [4.69, 9.17) is 10.3 Å². The van der Waals surface area contributed by atoms with Crippen LogP contribution in [0, 0.1) is 0 Å². The molecule has 2 fully saturated rings. The summed E-state index contributed by atoms with van der Waals surface area (Å²) < 4.78 is 10.1. The number of rotatable bonds is 5. The molecule has 2 aliphatic heterocycles. The van der Waals surface area contributed by atoms with Gasteiger partial charge in [0.05, 0.1) is 6.61 Å². The number of azide groups is 1. The van der Waals surface area contributed by atoms with Gasteiger partial charge in [0.1, 0.15) is 11.3 Å². The van der Waals surface area contributed by atoms with Gasteiger partial charge in [0, 0.05) is 24.5 Å². The molecule has 7 nitrogen and oxygen atoms in total. The number of carbonyl (C=O) groups excluding carboxylic acids is 1. The molecular weight excluding hydrogens is 248 g/mol. The Morgan fingerprint density at radius 1 is 1.58 bits per heavy atom. The molecule has 0 aromatic heterocycles. The van der Waals surface area contributed by atoms with E-state index in [1.165, 1.54) is 0 Å². The number of carbonyl (C=O) groups is 1. The van der Waals surface area contributed by atoms with Gasteiger partial charge in [-0.1, -0.05) is 5.11 Å². The molecule has 2 heterocycles. The molecule has 0 aromatic rings. The van der Waals surface area contributed by atoms with Crippen LogP contribution in [0.5, 0.6) is 0 Å². The van der Waals surface area contributed by atoms with E-state index in [0.717, 1.165) is 32.5 Å². The van der Waals surface area contributed by atoms with Gasteiger partial charge in [-0.05, 0) is 39.1 Å². The summed E-state index contributed by atoms with van der Waals surface area (Å²) in [5.74, 6) is 0. The predicted molar refractivity (Wildman–Crippen MR) is 70.4 cm³/mol. The van der Waals surface area contributed by atoms with Crippen LogP contribution >= 0.6 is 0 Å². The van der Waals surface area contributed by atoms with Crippen LogP contribution in [0.4, 0.5) is 0 Å². The van der Waals surface area contributed by atoms with Crippen LogP contribution in [0.15, 0.2) is 5.11 Å². The maximum Gasteiger partial charge on any atom is 0.293 e. The summed E-state index contributed by atoms with van der Waals surface area (Å²) >= 11 is 0. The van der Waals surface area contributed by atoms with Crippen LogP contribution in [-0.4, -0.2) is 48.9 Å². The molecule has 2 saturated heterocycles. The maximum absolute atomic E-state index is 9.60. The predicted octanol–water partition coefficient (Wildman–Crippen LogP) is 2.08. The lowest BCUT2D eigenvalue weighted by atomic mass is 10.2. The first-order chi connectivity index (χ1) is 8.93. The molecule has 2 unspecified atom stereocenters. The number of morpholine rings is 1. The zero-order valence-corrected chi connectivity index (χ0v) is 11.8. The van der Waals surface area contributed by atoms with Gasteiger partial charge in [-0.15, -0.1) is 0 Å². The fraction of sp³-hybridized carbons (Fsp3) is 0.917. The molecule has 2 aliphatic rings. The second-order valence-corrected chi connectivity index (χ2v) is 5.60. The van der Waals surface area contributed by atoms with E-state index >= 15 is 0 Å². The second kappa shape index (κ2) is 6.75. The third-order valence-electron chi connectivity index (χ3n) is 2.93. The molecule has 0 aromatic carbocycles. The topological polar surface area (TPSA) is 87.3 Å². The molecule has 0 amide bonds. The minimum absolute atomic E-state index is 0.0605. The van der Waals surface area contributed by atoms with E-state index in [0.29, 0.717) is 13.0 Å².